The zero-order valence-electron chi connectivity index (χ0n) is 13.1. The molecule has 0 aromatic heterocycles. The minimum atomic E-state index is -0.0190. The molecule has 0 spiro atoms. The predicted octanol–water partition coefficient (Wildman–Crippen LogP) is 4.17. The number of fused-ring (bicyclic) bond motifs is 3. The van der Waals surface area contributed by atoms with E-state index in [1.165, 1.54) is 5.39 Å². The number of hydrogen-bond donors (Lipinski definition) is 1. The average molecular weight is 307 g/mol. The van der Waals surface area contributed by atoms with Crippen molar-refractivity contribution in [1.82, 2.24) is 0 Å². The first kappa shape index (κ1) is 14.4. The van der Waals surface area contributed by atoms with Gasteiger partial charge in [-0.05, 0) is 48.6 Å². The first-order valence-electron chi connectivity index (χ1n) is 8.54. The Kier molecular flexibility index (Phi) is 3.64. The maximum atomic E-state index is 12.6. The lowest BCUT2D eigenvalue weighted by Crippen LogP contribution is -2.40. The first-order chi connectivity index (χ1) is 11.2. The van der Waals surface area contributed by atoms with Crippen LogP contribution in [-0.2, 0) is 9.59 Å². The van der Waals surface area contributed by atoms with Crippen molar-refractivity contribution in [2.24, 2.45) is 17.8 Å². The van der Waals surface area contributed by atoms with E-state index in [4.69, 9.17) is 0 Å². The van der Waals surface area contributed by atoms with Gasteiger partial charge in [-0.25, -0.2) is 0 Å². The number of Topliss-reactive ketones (excluding diaryl/α,β-unsaturated/α-hetero) is 1. The second-order valence-corrected chi connectivity index (χ2v) is 6.95. The molecule has 2 aromatic rings. The van der Waals surface area contributed by atoms with Crippen LogP contribution in [0.1, 0.15) is 32.1 Å². The third-order valence-corrected chi connectivity index (χ3v) is 5.44. The summed E-state index contributed by atoms with van der Waals surface area (Å²) >= 11 is 0. The minimum Gasteiger partial charge on any atom is -0.326 e. The molecule has 3 heteroatoms. The molecule has 0 aliphatic heterocycles. The number of rotatable bonds is 2. The van der Waals surface area contributed by atoms with Gasteiger partial charge in [0.05, 0.1) is 0 Å². The van der Waals surface area contributed by atoms with Gasteiger partial charge in [0.2, 0.25) is 5.91 Å². The molecule has 118 valence electrons. The van der Waals surface area contributed by atoms with Gasteiger partial charge < -0.3 is 5.32 Å². The second kappa shape index (κ2) is 5.80. The van der Waals surface area contributed by atoms with E-state index in [9.17, 15) is 9.59 Å². The van der Waals surface area contributed by atoms with E-state index in [0.717, 1.165) is 43.2 Å². The van der Waals surface area contributed by atoms with E-state index in [1.54, 1.807) is 0 Å². The lowest BCUT2D eigenvalue weighted by Gasteiger charge is -2.36. The van der Waals surface area contributed by atoms with Crippen LogP contribution in [0.4, 0.5) is 5.69 Å². The molecule has 2 aromatic carbocycles. The molecule has 0 saturated heterocycles. The molecule has 2 bridgehead atoms. The van der Waals surface area contributed by atoms with Crippen LogP contribution < -0.4 is 5.32 Å². The number of benzene rings is 2. The molecule has 23 heavy (non-hydrogen) atoms. The van der Waals surface area contributed by atoms with Crippen molar-refractivity contribution in [1.29, 1.82) is 0 Å². The van der Waals surface area contributed by atoms with E-state index in [2.05, 4.69) is 17.4 Å². The lowest BCUT2D eigenvalue weighted by molar-refractivity contribution is -0.136. The summed E-state index contributed by atoms with van der Waals surface area (Å²) in [5.41, 5.74) is 0.843. The Morgan fingerprint density at radius 1 is 0.957 bits per heavy atom. The molecule has 3 atom stereocenters. The maximum Gasteiger partial charge on any atom is 0.227 e. The van der Waals surface area contributed by atoms with E-state index in [0.29, 0.717) is 5.78 Å². The summed E-state index contributed by atoms with van der Waals surface area (Å²) in [6, 6.07) is 14.1. The largest absolute Gasteiger partial charge is 0.326 e. The Balaban J connectivity index is 1.49. The summed E-state index contributed by atoms with van der Waals surface area (Å²) in [6.07, 6.45) is 4.54. The van der Waals surface area contributed by atoms with Gasteiger partial charge in [-0.2, -0.15) is 0 Å². The second-order valence-electron chi connectivity index (χ2n) is 6.95. The van der Waals surface area contributed by atoms with Crippen molar-refractivity contribution in [2.75, 3.05) is 5.32 Å². The normalized spacial score (nSPS) is 27.0. The average Bonchev–Trinajstić information content (AvgIpc) is 2.54. The summed E-state index contributed by atoms with van der Waals surface area (Å²) < 4.78 is 0. The fourth-order valence-corrected chi connectivity index (χ4v) is 4.21. The molecule has 2 aliphatic carbocycles. The van der Waals surface area contributed by atoms with Gasteiger partial charge in [-0.3, -0.25) is 9.59 Å². The predicted molar refractivity (Wildman–Crippen MR) is 91.1 cm³/mol. The van der Waals surface area contributed by atoms with Crippen molar-refractivity contribution in [3.63, 3.8) is 0 Å². The SMILES string of the molecule is O=C(Nc1ccc2ccccc2c1)C1C[C@H]2CCC[C@@H](C1)C2=O. The third-order valence-electron chi connectivity index (χ3n) is 5.44. The number of anilines is 1. The smallest absolute Gasteiger partial charge is 0.227 e. The minimum absolute atomic E-state index is 0.0190. The van der Waals surface area contributed by atoms with Gasteiger partial charge in [0.1, 0.15) is 5.78 Å². The van der Waals surface area contributed by atoms with Crippen LogP contribution >= 0.6 is 0 Å². The molecule has 0 heterocycles. The zero-order valence-corrected chi connectivity index (χ0v) is 13.1. The Hall–Kier alpha value is -2.16. The standard InChI is InChI=1S/C20H21NO2/c22-19-15-6-3-7-16(19)11-17(10-15)20(23)21-18-9-8-13-4-1-2-5-14(13)12-18/h1-2,4-5,8-9,12,15-17H,3,6-7,10-11H2,(H,21,23)/t15-,16+,17?. The number of amides is 1. The van der Waals surface area contributed by atoms with E-state index in [1.807, 2.05) is 30.3 Å². The monoisotopic (exact) mass is 307 g/mol. The van der Waals surface area contributed by atoms with Crippen molar-refractivity contribution >= 4 is 28.2 Å². The molecule has 1 N–H and O–H groups in total. The van der Waals surface area contributed by atoms with Gasteiger partial charge >= 0.3 is 0 Å². The molecule has 2 saturated carbocycles. The van der Waals surface area contributed by atoms with E-state index < -0.39 is 0 Å². The van der Waals surface area contributed by atoms with Gasteiger partial charge in [-0.1, -0.05) is 36.8 Å². The number of carbonyl (C=O) groups excluding carboxylic acids is 2. The number of carbonyl (C=O) groups is 2. The molecule has 1 amide bonds. The maximum absolute atomic E-state index is 12.6. The zero-order chi connectivity index (χ0) is 15.8. The highest BCUT2D eigenvalue weighted by atomic mass is 16.2. The summed E-state index contributed by atoms with van der Waals surface area (Å²) in [5, 5.41) is 5.35. The lowest BCUT2D eigenvalue weighted by atomic mass is 9.67. The highest BCUT2D eigenvalue weighted by Crippen LogP contribution is 2.40. The molecule has 1 unspecified atom stereocenters. The quantitative estimate of drug-likeness (QED) is 0.905. The van der Waals surface area contributed by atoms with Crippen molar-refractivity contribution < 1.29 is 9.59 Å². The number of nitrogens with one attached hydrogen (secondary N) is 1. The van der Waals surface area contributed by atoms with Gasteiger partial charge in [0, 0.05) is 23.4 Å². The fourth-order valence-electron chi connectivity index (χ4n) is 4.21. The summed E-state index contributed by atoms with van der Waals surface area (Å²) in [5.74, 6) is 0.704. The Morgan fingerprint density at radius 2 is 1.65 bits per heavy atom. The van der Waals surface area contributed by atoms with Crippen LogP contribution in [-0.4, -0.2) is 11.7 Å². The molecular formula is C20H21NO2. The highest BCUT2D eigenvalue weighted by molar-refractivity contribution is 5.97. The Labute approximate surface area is 136 Å². The third kappa shape index (κ3) is 2.76. The highest BCUT2D eigenvalue weighted by Gasteiger charge is 2.41. The topological polar surface area (TPSA) is 46.2 Å². The molecule has 2 fully saturated rings. The van der Waals surface area contributed by atoms with E-state index >= 15 is 0 Å². The molecular weight excluding hydrogens is 286 g/mol. The molecule has 3 nitrogen and oxygen atoms in total. The van der Waals surface area contributed by atoms with Crippen LogP contribution in [0.15, 0.2) is 42.5 Å². The fraction of sp³-hybridized carbons (Fsp3) is 0.400. The van der Waals surface area contributed by atoms with Gasteiger partial charge in [0.15, 0.2) is 0 Å². The van der Waals surface area contributed by atoms with Gasteiger partial charge in [-0.15, -0.1) is 0 Å². The first-order valence-corrected chi connectivity index (χ1v) is 8.54. The molecule has 0 radical (unpaired) electrons. The van der Waals surface area contributed by atoms with Crippen LogP contribution in [0, 0.1) is 17.8 Å². The van der Waals surface area contributed by atoms with Gasteiger partial charge in [0.25, 0.3) is 0 Å². The summed E-state index contributed by atoms with van der Waals surface area (Å²) in [4.78, 5) is 24.8. The number of hydrogen-bond acceptors (Lipinski definition) is 2. The van der Waals surface area contributed by atoms with Crippen molar-refractivity contribution in [3.8, 4) is 0 Å². The van der Waals surface area contributed by atoms with Crippen molar-refractivity contribution in [2.45, 2.75) is 32.1 Å². The summed E-state index contributed by atoms with van der Waals surface area (Å²) in [7, 11) is 0. The Morgan fingerprint density at radius 3 is 2.39 bits per heavy atom. The number of ketones is 1. The van der Waals surface area contributed by atoms with Crippen molar-refractivity contribution in [3.05, 3.63) is 42.5 Å². The molecule has 4 rings (SSSR count). The van der Waals surface area contributed by atoms with Crippen LogP contribution in [0.3, 0.4) is 0 Å². The Bertz CT molecular complexity index is 751. The van der Waals surface area contributed by atoms with E-state index in [-0.39, 0.29) is 23.7 Å². The van der Waals surface area contributed by atoms with Crippen LogP contribution in [0.25, 0.3) is 10.8 Å². The van der Waals surface area contributed by atoms with Crippen LogP contribution in [0.5, 0.6) is 0 Å². The van der Waals surface area contributed by atoms with Crippen LogP contribution in [0.2, 0.25) is 0 Å². The molecule has 2 aliphatic rings. The summed E-state index contributed by atoms with van der Waals surface area (Å²) in [6.45, 7) is 0.